The van der Waals surface area contributed by atoms with Crippen molar-refractivity contribution in [1.29, 1.82) is 0 Å². The second kappa shape index (κ2) is 24.9. The van der Waals surface area contributed by atoms with Crippen LogP contribution in [0.2, 0.25) is 0 Å². The summed E-state index contributed by atoms with van der Waals surface area (Å²) in [4.78, 5) is 0. The average Bonchev–Trinajstić information content (AvgIpc) is 1.42. The minimum Gasteiger partial charge on any atom is -0.286 e. The lowest BCUT2D eigenvalue weighted by molar-refractivity contribution is 0.0981. The van der Waals surface area contributed by atoms with Crippen LogP contribution in [0.15, 0.2) is 243 Å². The van der Waals surface area contributed by atoms with E-state index in [4.69, 9.17) is 0 Å². The predicted octanol–water partition coefficient (Wildman–Crippen LogP) is 12.6. The molecule has 9 N–H and O–H groups in total. The van der Waals surface area contributed by atoms with Crippen LogP contribution in [-0.4, -0.2) is 67.5 Å². The molecular weight excluding hydrogens is 1150 g/mol. The molecule has 4 saturated carbocycles. The molecule has 8 aromatic carbocycles. The van der Waals surface area contributed by atoms with Gasteiger partial charge in [-0.05, 0) is 135 Å². The first-order chi connectivity index (χ1) is 45.3. The summed E-state index contributed by atoms with van der Waals surface area (Å²) in [5.74, 6) is -0.356. The number of hydrogen-bond donors (Lipinski definition) is 9. The maximum absolute atomic E-state index is 15.4. The van der Waals surface area contributed by atoms with Gasteiger partial charge in [-0.1, -0.05) is 262 Å². The van der Waals surface area contributed by atoms with E-state index in [1.54, 1.807) is 0 Å². The molecule has 11 nitrogen and oxygen atoms in total. The third kappa shape index (κ3) is 10.5. The number of fused-ring (bicyclic) bond motifs is 20. The van der Waals surface area contributed by atoms with E-state index in [-0.39, 0.29) is 90.3 Å². The second-order valence-corrected chi connectivity index (χ2v) is 30.4. The van der Waals surface area contributed by atoms with E-state index in [1.165, 1.54) is 40.7 Å². The lowest BCUT2D eigenvalue weighted by Gasteiger charge is -2.53. The molecule has 0 aromatic heterocycles. The molecule has 0 spiro atoms. The van der Waals surface area contributed by atoms with Gasteiger partial charge >= 0.3 is 0 Å². The highest BCUT2D eigenvalue weighted by Gasteiger charge is 2.67. The summed E-state index contributed by atoms with van der Waals surface area (Å²) >= 11 is 0. The quantitative estimate of drug-likeness (QED) is 0.0636. The predicted molar refractivity (Wildman–Crippen MR) is 364 cm³/mol. The lowest BCUT2D eigenvalue weighted by atomic mass is 9.51. The largest absolute Gasteiger partial charge is 0.286 e. The molecule has 25 unspecified atom stereocenters. The molecule has 0 amide bonds. The van der Waals surface area contributed by atoms with Crippen LogP contribution in [0.3, 0.4) is 0 Å². The standard InChI is InChI=1S/C80H88N8O3S/c89-92(90,91)72-66(55-42-23-8-24-43-55)62(51-34-15-4-16-35-51)65(54-40-21-7-22-41-54)70-71(72)80-83-74-58-45-26-25-44-57(58)73(81-74)82-75-59-47-27-46-56(48-28-9-1-10-29-48)67(59)76(84-75)85-77-68-63(52-36-17-5-18-37-52)60(49-30-11-2-12-31-49)61(50-32-13-3-14-33-50)64(53-38-19-6-20-39-53)69(68)78(86-77)87-79(70)88-80/h1-24,28-43,56-88H,25-27,44-47H2,(H,89,90,91). The van der Waals surface area contributed by atoms with Crippen molar-refractivity contribution in [3.8, 4) is 0 Å². The molecule has 8 bridgehead atoms. The maximum Gasteiger partial charge on any atom is 0.268 e. The van der Waals surface area contributed by atoms with E-state index in [0.717, 1.165) is 48.8 Å². The summed E-state index contributed by atoms with van der Waals surface area (Å²) in [6, 6.07) is 89.1. The van der Waals surface area contributed by atoms with Gasteiger partial charge < -0.3 is 0 Å². The van der Waals surface area contributed by atoms with Gasteiger partial charge in [0.15, 0.2) is 0 Å². The third-order valence-corrected chi connectivity index (χ3v) is 25.9. The lowest BCUT2D eigenvalue weighted by Crippen LogP contribution is -2.62. The maximum atomic E-state index is 15.4. The minimum atomic E-state index is -4.78. The first-order valence-corrected chi connectivity index (χ1v) is 36.3. The first kappa shape index (κ1) is 59.1. The van der Waals surface area contributed by atoms with Crippen LogP contribution in [0.4, 0.5) is 0 Å². The zero-order valence-corrected chi connectivity index (χ0v) is 53.0. The summed E-state index contributed by atoms with van der Waals surface area (Å²) < 4.78 is 43.4. The smallest absolute Gasteiger partial charge is 0.268 e. The zero-order valence-electron chi connectivity index (χ0n) is 52.1. The first-order valence-electron chi connectivity index (χ1n) is 34.8. The van der Waals surface area contributed by atoms with Crippen molar-refractivity contribution in [2.24, 2.45) is 47.3 Å². The highest BCUT2D eigenvalue weighted by atomic mass is 32.2. The van der Waals surface area contributed by atoms with Gasteiger partial charge in [-0.3, -0.25) is 47.1 Å². The fourth-order valence-electron chi connectivity index (χ4n) is 21.5. The van der Waals surface area contributed by atoms with Crippen LogP contribution in [0.5, 0.6) is 0 Å². The summed E-state index contributed by atoms with van der Waals surface area (Å²) in [5.41, 5.74) is 9.87. The van der Waals surface area contributed by atoms with Crippen LogP contribution in [0, 0.1) is 47.3 Å². The van der Waals surface area contributed by atoms with Crippen LogP contribution in [0.25, 0.3) is 0 Å². The molecule has 4 aliphatic carbocycles. The summed E-state index contributed by atoms with van der Waals surface area (Å²) in [6.45, 7) is 0. The molecule has 8 aromatic rings. The van der Waals surface area contributed by atoms with Gasteiger partial charge in [-0.15, -0.1) is 0 Å². The van der Waals surface area contributed by atoms with Gasteiger partial charge in [0, 0.05) is 29.6 Å². The number of hydrogen-bond acceptors (Lipinski definition) is 10. The van der Waals surface area contributed by atoms with E-state index in [2.05, 4.69) is 267 Å². The van der Waals surface area contributed by atoms with Crippen molar-refractivity contribution in [2.75, 3.05) is 0 Å². The van der Waals surface area contributed by atoms with E-state index >= 15 is 8.42 Å². The Morgan fingerprint density at radius 3 is 0.859 bits per heavy atom. The normalized spacial score (nSPS) is 38.9. The Bertz CT molecular complexity index is 3890. The Balaban J connectivity index is 0.908. The van der Waals surface area contributed by atoms with E-state index in [9.17, 15) is 4.55 Å². The molecule has 472 valence electrons. The van der Waals surface area contributed by atoms with Gasteiger partial charge in [0.25, 0.3) is 10.1 Å². The SMILES string of the molecule is O=S(=O)(O)C1C(c2ccccc2)C(c2ccccc2)C(c2ccccc2)C2C3NC4NC(NC5NC(NC6NC(NC(N3)C21)C1CCCCC61)C1CCCC(c2ccccc2)C51)C1C(c2ccccc2)C(c2ccccc2)C(c2ccccc2)C(c2ccccc2)C41. The van der Waals surface area contributed by atoms with Crippen molar-refractivity contribution >= 4 is 10.1 Å². The summed E-state index contributed by atoms with van der Waals surface area (Å²) in [6.07, 6.45) is 6.31. The minimum absolute atomic E-state index is 0.00577. The molecule has 9 fully saturated rings. The molecule has 5 saturated heterocycles. The molecule has 5 aliphatic heterocycles. The van der Waals surface area contributed by atoms with Crippen LogP contribution in [-0.2, 0) is 10.1 Å². The van der Waals surface area contributed by atoms with Crippen molar-refractivity contribution in [2.45, 2.75) is 147 Å². The zero-order chi connectivity index (χ0) is 61.4. The highest BCUT2D eigenvalue weighted by Crippen LogP contribution is 2.66. The van der Waals surface area contributed by atoms with E-state index < -0.39 is 39.5 Å². The Morgan fingerprint density at radius 1 is 0.250 bits per heavy atom. The topological polar surface area (TPSA) is 151 Å². The fourth-order valence-corrected chi connectivity index (χ4v) is 23.0. The van der Waals surface area contributed by atoms with Crippen molar-refractivity contribution in [1.82, 2.24) is 42.5 Å². The Labute approximate surface area is 543 Å². The average molecular weight is 1240 g/mol. The van der Waals surface area contributed by atoms with Crippen LogP contribution >= 0.6 is 0 Å². The summed E-state index contributed by atoms with van der Waals surface area (Å²) in [5, 5.41) is 34.5. The molecule has 25 atom stereocenters. The Kier molecular flexibility index (Phi) is 16.0. The monoisotopic (exact) mass is 1240 g/mol. The molecule has 9 aliphatic rings. The molecular formula is C80H88N8O3S. The van der Waals surface area contributed by atoms with Crippen molar-refractivity contribution in [3.63, 3.8) is 0 Å². The van der Waals surface area contributed by atoms with Crippen molar-refractivity contribution in [3.05, 3.63) is 287 Å². The Morgan fingerprint density at radius 2 is 0.500 bits per heavy atom. The van der Waals surface area contributed by atoms with Gasteiger partial charge in [-0.25, -0.2) is 0 Å². The summed E-state index contributed by atoms with van der Waals surface area (Å²) in [7, 11) is -4.78. The third-order valence-electron chi connectivity index (χ3n) is 24.6. The highest BCUT2D eigenvalue weighted by molar-refractivity contribution is 7.86. The number of rotatable bonds is 9. The van der Waals surface area contributed by atoms with Gasteiger partial charge in [0.2, 0.25) is 0 Å². The van der Waals surface area contributed by atoms with Gasteiger partial charge in [0.1, 0.15) is 0 Å². The van der Waals surface area contributed by atoms with Crippen molar-refractivity contribution < 1.29 is 13.0 Å². The molecule has 0 radical (unpaired) electrons. The Hall–Kier alpha value is -6.65. The molecule has 17 rings (SSSR count). The number of benzene rings is 8. The van der Waals surface area contributed by atoms with E-state index in [0.29, 0.717) is 29.6 Å². The molecule has 92 heavy (non-hydrogen) atoms. The fraction of sp³-hybridized carbons (Fsp3) is 0.400. The van der Waals surface area contributed by atoms with Gasteiger partial charge in [-0.2, -0.15) is 8.42 Å². The van der Waals surface area contributed by atoms with Crippen LogP contribution < -0.4 is 42.5 Å². The molecule has 12 heteroatoms. The number of nitrogens with one attached hydrogen (secondary N) is 8. The second-order valence-electron chi connectivity index (χ2n) is 28.8. The van der Waals surface area contributed by atoms with Gasteiger partial charge in [0.05, 0.1) is 54.6 Å². The van der Waals surface area contributed by atoms with Crippen LogP contribution in [0.1, 0.15) is 137 Å². The molecule has 5 heterocycles. The van der Waals surface area contributed by atoms with E-state index in [1.807, 2.05) is 18.2 Å².